The molecule has 154 valence electrons. The van der Waals surface area contributed by atoms with Gasteiger partial charge in [-0.15, -0.1) is 11.8 Å². The summed E-state index contributed by atoms with van der Waals surface area (Å²) < 4.78 is 5.96. The van der Waals surface area contributed by atoms with Gasteiger partial charge in [-0.2, -0.15) is 0 Å². The van der Waals surface area contributed by atoms with Gasteiger partial charge in [0.1, 0.15) is 22.9 Å². The Bertz CT molecular complexity index is 967. The van der Waals surface area contributed by atoms with Crippen molar-refractivity contribution in [3.8, 4) is 0 Å². The van der Waals surface area contributed by atoms with Crippen LogP contribution in [0.3, 0.4) is 0 Å². The second-order valence-corrected chi connectivity index (χ2v) is 8.48. The van der Waals surface area contributed by atoms with Crippen LogP contribution < -0.4 is 5.73 Å². The Morgan fingerprint density at radius 1 is 1.10 bits per heavy atom. The van der Waals surface area contributed by atoms with Gasteiger partial charge in [-0.25, -0.2) is 4.79 Å². The third-order valence-electron chi connectivity index (χ3n) is 5.17. The first-order chi connectivity index (χ1) is 14.5. The minimum atomic E-state index is -0.643. The van der Waals surface area contributed by atoms with Gasteiger partial charge in [-0.3, -0.25) is 14.5 Å². The summed E-state index contributed by atoms with van der Waals surface area (Å²) in [7, 11) is 0. The van der Waals surface area contributed by atoms with Gasteiger partial charge < -0.3 is 10.5 Å². The summed E-state index contributed by atoms with van der Waals surface area (Å²) in [6.45, 7) is 1.47. The molecule has 7 heteroatoms. The molecule has 4 rings (SSSR count). The number of rotatable bonds is 6. The zero-order valence-corrected chi connectivity index (χ0v) is 17.3. The van der Waals surface area contributed by atoms with Crippen LogP contribution in [0.25, 0.3) is 0 Å². The highest BCUT2D eigenvalue weighted by Crippen LogP contribution is 2.41. The number of esters is 1. The first-order valence-electron chi connectivity index (χ1n) is 9.70. The van der Waals surface area contributed by atoms with E-state index in [9.17, 15) is 14.4 Å². The number of fused-ring (bicyclic) bond motifs is 1. The smallest absolute Gasteiger partial charge is 0.356 e. The molecular formula is C23H22N2O4S. The molecule has 2 aromatic rings. The fraction of sp³-hybridized carbons (Fsp3) is 0.261. The molecule has 1 amide bonds. The Balaban J connectivity index is 1.70. The maximum Gasteiger partial charge on any atom is 0.356 e. The van der Waals surface area contributed by atoms with Crippen LogP contribution in [-0.2, 0) is 19.1 Å². The molecule has 1 fully saturated rings. The Morgan fingerprint density at radius 3 is 2.20 bits per heavy atom. The summed E-state index contributed by atoms with van der Waals surface area (Å²) in [5.41, 5.74) is 8.32. The number of ether oxygens (including phenoxy) is 1. The fourth-order valence-electron chi connectivity index (χ4n) is 3.75. The molecule has 2 aliphatic heterocycles. The largest absolute Gasteiger partial charge is 0.448 e. The van der Waals surface area contributed by atoms with Gasteiger partial charge in [-0.1, -0.05) is 60.7 Å². The first-order valence-corrected chi connectivity index (χ1v) is 10.7. The molecule has 0 aromatic heterocycles. The van der Waals surface area contributed by atoms with E-state index in [0.717, 1.165) is 11.1 Å². The van der Waals surface area contributed by atoms with Crippen LogP contribution in [0.2, 0.25) is 0 Å². The molecule has 2 N–H and O–H groups in total. The van der Waals surface area contributed by atoms with Crippen molar-refractivity contribution in [3.05, 3.63) is 83.1 Å². The SMILES string of the molecule is CC(=O)CC1=C(C(=O)OC(c2ccccc2)c2ccccc2)N2C(=O)[C@@H](N)[C@H]2SC1. The summed E-state index contributed by atoms with van der Waals surface area (Å²) >= 11 is 1.47. The van der Waals surface area contributed by atoms with Crippen LogP contribution in [0, 0.1) is 0 Å². The molecule has 0 saturated carbocycles. The Labute approximate surface area is 179 Å². The van der Waals surface area contributed by atoms with Gasteiger partial charge in [0.25, 0.3) is 0 Å². The van der Waals surface area contributed by atoms with Crippen molar-refractivity contribution in [2.45, 2.75) is 30.9 Å². The molecule has 0 radical (unpaired) electrons. The van der Waals surface area contributed by atoms with Crippen molar-refractivity contribution in [2.24, 2.45) is 5.73 Å². The predicted molar refractivity (Wildman–Crippen MR) is 114 cm³/mol. The molecule has 2 aromatic carbocycles. The van der Waals surface area contributed by atoms with Crippen LogP contribution in [-0.4, -0.2) is 39.7 Å². The van der Waals surface area contributed by atoms with E-state index in [4.69, 9.17) is 10.5 Å². The van der Waals surface area contributed by atoms with E-state index in [1.807, 2.05) is 60.7 Å². The van der Waals surface area contributed by atoms with Crippen LogP contribution in [0.1, 0.15) is 30.6 Å². The van der Waals surface area contributed by atoms with E-state index < -0.39 is 18.1 Å². The highest BCUT2D eigenvalue weighted by Gasteiger charge is 2.52. The summed E-state index contributed by atoms with van der Waals surface area (Å²) in [6.07, 6.45) is -0.533. The number of Topliss-reactive ketones (excluding diaryl/α,β-unsaturated/α-hetero) is 1. The molecule has 0 aliphatic carbocycles. The van der Waals surface area contributed by atoms with Crippen molar-refractivity contribution in [3.63, 3.8) is 0 Å². The molecule has 1 saturated heterocycles. The van der Waals surface area contributed by atoms with Crippen molar-refractivity contribution in [2.75, 3.05) is 5.75 Å². The topological polar surface area (TPSA) is 89.7 Å². The predicted octanol–water partition coefficient (Wildman–Crippen LogP) is 2.79. The minimum Gasteiger partial charge on any atom is -0.448 e. The number of amides is 1. The lowest BCUT2D eigenvalue weighted by Gasteiger charge is -2.48. The van der Waals surface area contributed by atoms with Crippen molar-refractivity contribution in [1.82, 2.24) is 4.90 Å². The zero-order chi connectivity index (χ0) is 21.3. The first kappa shape index (κ1) is 20.4. The second kappa shape index (κ2) is 8.45. The number of β-lactam (4-membered cyclic amide) rings is 1. The summed E-state index contributed by atoms with van der Waals surface area (Å²) in [6, 6.07) is 18.2. The van der Waals surface area contributed by atoms with E-state index in [1.54, 1.807) is 0 Å². The molecule has 2 heterocycles. The third kappa shape index (κ3) is 3.78. The number of carbonyl (C=O) groups is 3. The van der Waals surface area contributed by atoms with Crippen LogP contribution in [0.4, 0.5) is 0 Å². The van der Waals surface area contributed by atoms with Crippen molar-refractivity contribution >= 4 is 29.4 Å². The maximum absolute atomic E-state index is 13.4. The monoisotopic (exact) mass is 422 g/mol. The second-order valence-electron chi connectivity index (χ2n) is 7.37. The fourth-order valence-corrected chi connectivity index (χ4v) is 5.04. The van der Waals surface area contributed by atoms with Gasteiger partial charge in [-0.05, 0) is 23.6 Å². The lowest BCUT2D eigenvalue weighted by Crippen LogP contribution is -2.68. The van der Waals surface area contributed by atoms with Crippen LogP contribution in [0.15, 0.2) is 71.9 Å². The summed E-state index contributed by atoms with van der Waals surface area (Å²) in [4.78, 5) is 39.0. The normalized spacial score (nSPS) is 20.6. The van der Waals surface area contributed by atoms with Gasteiger partial charge in [0.05, 0.1) is 0 Å². The summed E-state index contributed by atoms with van der Waals surface area (Å²) in [5, 5.41) is -0.303. The number of benzene rings is 2. The quantitative estimate of drug-likeness (QED) is 0.569. The van der Waals surface area contributed by atoms with Crippen molar-refractivity contribution < 1.29 is 19.1 Å². The number of hydrogen-bond acceptors (Lipinski definition) is 6. The Kier molecular flexibility index (Phi) is 5.74. The van der Waals surface area contributed by atoms with Gasteiger partial charge in [0, 0.05) is 12.2 Å². The average molecular weight is 423 g/mol. The van der Waals surface area contributed by atoms with Crippen LogP contribution in [0.5, 0.6) is 0 Å². The van der Waals surface area contributed by atoms with E-state index in [1.165, 1.54) is 23.6 Å². The molecule has 2 atom stereocenters. The maximum atomic E-state index is 13.4. The highest BCUT2D eigenvalue weighted by molar-refractivity contribution is 8.00. The molecular weight excluding hydrogens is 400 g/mol. The van der Waals surface area contributed by atoms with E-state index >= 15 is 0 Å². The van der Waals surface area contributed by atoms with Crippen LogP contribution >= 0.6 is 11.8 Å². The number of thioether (sulfide) groups is 1. The number of hydrogen-bond donors (Lipinski definition) is 1. The van der Waals surface area contributed by atoms with Crippen molar-refractivity contribution in [1.29, 1.82) is 0 Å². The Hall–Kier alpha value is -2.90. The molecule has 0 unspecified atom stereocenters. The molecule has 2 aliphatic rings. The molecule has 30 heavy (non-hydrogen) atoms. The zero-order valence-electron chi connectivity index (χ0n) is 16.5. The third-order valence-corrected chi connectivity index (χ3v) is 6.53. The number of nitrogens with two attached hydrogens (primary N) is 1. The van der Waals surface area contributed by atoms with Gasteiger partial charge in [0.2, 0.25) is 5.91 Å². The molecule has 0 bridgehead atoms. The Morgan fingerprint density at radius 2 is 1.67 bits per heavy atom. The number of carbonyl (C=O) groups excluding carboxylic acids is 3. The lowest BCUT2D eigenvalue weighted by atomic mass is 10.00. The lowest BCUT2D eigenvalue weighted by molar-refractivity contribution is -0.153. The van der Waals surface area contributed by atoms with Gasteiger partial charge >= 0.3 is 5.97 Å². The highest BCUT2D eigenvalue weighted by atomic mass is 32.2. The average Bonchev–Trinajstić information content (AvgIpc) is 2.77. The number of ketones is 1. The molecule has 6 nitrogen and oxygen atoms in total. The standard InChI is InChI=1S/C23H22N2O4S/c1-14(26)12-17-13-30-22-18(24)21(27)25(22)19(17)23(28)29-20(15-8-4-2-5-9-15)16-10-6-3-7-11-16/h2-11,18,20,22H,12-13,24H2,1H3/t18-,22-/m1/s1. The van der Waals surface area contributed by atoms with E-state index in [0.29, 0.717) is 11.3 Å². The number of nitrogens with zero attached hydrogens (tertiary/aromatic N) is 1. The minimum absolute atomic E-state index is 0.0747. The van der Waals surface area contributed by atoms with E-state index in [2.05, 4.69) is 0 Å². The molecule has 0 spiro atoms. The van der Waals surface area contributed by atoms with Gasteiger partial charge in [0.15, 0.2) is 6.10 Å². The summed E-state index contributed by atoms with van der Waals surface area (Å²) in [5.74, 6) is -0.548. The van der Waals surface area contributed by atoms with E-state index in [-0.39, 0.29) is 29.2 Å².